The van der Waals surface area contributed by atoms with Gasteiger partial charge in [-0.2, -0.15) is 4.98 Å². The number of aromatic nitrogens is 5. The molecule has 3 heterocycles. The minimum Gasteiger partial charge on any atom is -0.352 e. The molecule has 0 unspecified atom stereocenters. The van der Waals surface area contributed by atoms with Gasteiger partial charge in [0.2, 0.25) is 5.16 Å². The van der Waals surface area contributed by atoms with Gasteiger partial charge in [-0.3, -0.25) is 4.79 Å². The molecule has 1 N–H and O–H groups in total. The Morgan fingerprint density at radius 2 is 1.85 bits per heavy atom. The Morgan fingerprint density at radius 3 is 2.76 bits per heavy atom. The maximum absolute atomic E-state index is 12.9. The Hall–Kier alpha value is -3.65. The quantitative estimate of drug-likeness (QED) is 0.260. The zero-order valence-electron chi connectivity index (χ0n) is 19.2. The number of thioether (sulfide) groups is 1. The van der Waals surface area contributed by atoms with Crippen molar-refractivity contribution in [2.24, 2.45) is 0 Å². The molecule has 2 aromatic carbocycles. The van der Waals surface area contributed by atoms with Gasteiger partial charge in [-0.15, -0.1) is 5.10 Å². The van der Waals surface area contributed by atoms with Gasteiger partial charge in [0, 0.05) is 47.5 Å². The van der Waals surface area contributed by atoms with Crippen molar-refractivity contribution in [3.63, 3.8) is 0 Å². The normalized spacial score (nSPS) is 11.4. The second kappa shape index (κ2) is 9.69. The lowest BCUT2D eigenvalue weighted by atomic mass is 10.1. The summed E-state index contributed by atoms with van der Waals surface area (Å²) in [6.07, 6.45) is 2.96. The van der Waals surface area contributed by atoms with Gasteiger partial charge < -0.3 is 9.88 Å². The summed E-state index contributed by atoms with van der Waals surface area (Å²) in [5.41, 5.74) is 4.78. The maximum atomic E-state index is 12.9. The number of carbonyl (C=O) groups is 1. The summed E-state index contributed by atoms with van der Waals surface area (Å²) in [6, 6.07) is 20.1. The highest BCUT2D eigenvalue weighted by molar-refractivity contribution is 7.98. The Balaban J connectivity index is 1.19. The van der Waals surface area contributed by atoms with E-state index < -0.39 is 0 Å². The number of nitrogens with zero attached hydrogens (tertiary/aromatic N) is 5. The molecule has 0 aliphatic carbocycles. The molecule has 0 aliphatic heterocycles. The molecule has 8 heteroatoms. The first kappa shape index (κ1) is 22.2. The zero-order valence-corrected chi connectivity index (χ0v) is 20.0. The SMILES string of the molecule is Cc1cc(C)n2nc(SCc3ccccc3C(=O)NCCCn3ccc4ccccc43)nc2n1. The highest BCUT2D eigenvalue weighted by atomic mass is 32.2. The van der Waals surface area contributed by atoms with Gasteiger partial charge in [-0.1, -0.05) is 48.2 Å². The van der Waals surface area contributed by atoms with E-state index >= 15 is 0 Å². The molecule has 0 aliphatic rings. The van der Waals surface area contributed by atoms with Crippen molar-refractivity contribution in [1.82, 2.24) is 29.5 Å². The van der Waals surface area contributed by atoms with Crippen molar-refractivity contribution in [2.45, 2.75) is 37.7 Å². The van der Waals surface area contributed by atoms with Gasteiger partial charge in [0.15, 0.2) is 0 Å². The van der Waals surface area contributed by atoms with Crippen LogP contribution < -0.4 is 5.32 Å². The molecule has 34 heavy (non-hydrogen) atoms. The Labute approximate surface area is 202 Å². The third-order valence-corrected chi connectivity index (χ3v) is 6.65. The van der Waals surface area contributed by atoms with E-state index in [9.17, 15) is 4.79 Å². The Kier molecular flexibility index (Phi) is 6.31. The minimum absolute atomic E-state index is 0.0512. The number of para-hydroxylation sites is 1. The smallest absolute Gasteiger partial charge is 0.253 e. The van der Waals surface area contributed by atoms with Crippen molar-refractivity contribution in [3.05, 3.63) is 89.4 Å². The zero-order chi connectivity index (χ0) is 23.5. The number of rotatable bonds is 8. The second-order valence-corrected chi connectivity index (χ2v) is 9.21. The average Bonchev–Trinajstić information content (AvgIpc) is 3.45. The fourth-order valence-electron chi connectivity index (χ4n) is 4.10. The standard InChI is InChI=1S/C26H26N6OS/c1-18-16-19(2)32-25(28-18)29-26(30-32)34-17-21-9-3-5-10-22(21)24(33)27-13-7-14-31-15-12-20-8-4-6-11-23(20)31/h3-6,8-12,15-16H,7,13-14,17H2,1-2H3,(H,27,33). The lowest BCUT2D eigenvalue weighted by Crippen LogP contribution is -2.26. The van der Waals surface area contributed by atoms with E-state index in [0.29, 0.717) is 28.8 Å². The summed E-state index contributed by atoms with van der Waals surface area (Å²) >= 11 is 1.51. The fraction of sp³-hybridized carbons (Fsp3) is 0.231. The number of hydrogen-bond acceptors (Lipinski definition) is 5. The van der Waals surface area contributed by atoms with Crippen molar-refractivity contribution < 1.29 is 4.79 Å². The topological polar surface area (TPSA) is 77.1 Å². The van der Waals surface area contributed by atoms with Gasteiger partial charge in [0.25, 0.3) is 11.7 Å². The molecule has 0 saturated heterocycles. The summed E-state index contributed by atoms with van der Waals surface area (Å²) in [5.74, 6) is 1.15. The van der Waals surface area contributed by atoms with Gasteiger partial charge >= 0.3 is 0 Å². The largest absolute Gasteiger partial charge is 0.352 e. The van der Waals surface area contributed by atoms with Crippen LogP contribution in [0.5, 0.6) is 0 Å². The Morgan fingerprint density at radius 1 is 1.03 bits per heavy atom. The van der Waals surface area contributed by atoms with E-state index in [0.717, 1.165) is 29.9 Å². The van der Waals surface area contributed by atoms with Crippen LogP contribution in [0.25, 0.3) is 16.7 Å². The second-order valence-electron chi connectivity index (χ2n) is 8.27. The molecule has 0 atom stereocenters. The van der Waals surface area contributed by atoms with Crippen LogP contribution in [0.3, 0.4) is 0 Å². The van der Waals surface area contributed by atoms with E-state index in [4.69, 9.17) is 0 Å². The molecule has 1 amide bonds. The van der Waals surface area contributed by atoms with E-state index in [1.54, 1.807) is 4.52 Å². The van der Waals surface area contributed by atoms with Crippen LogP contribution in [0.4, 0.5) is 0 Å². The summed E-state index contributed by atoms with van der Waals surface area (Å²) in [4.78, 5) is 21.9. The highest BCUT2D eigenvalue weighted by Crippen LogP contribution is 2.23. The summed E-state index contributed by atoms with van der Waals surface area (Å²) in [5, 5.41) is 9.51. The number of aryl methyl sites for hydroxylation is 3. The number of fused-ring (bicyclic) bond motifs is 2. The monoisotopic (exact) mass is 470 g/mol. The molecule has 3 aromatic heterocycles. The van der Waals surface area contributed by atoms with Crippen molar-refractivity contribution in [2.75, 3.05) is 6.54 Å². The van der Waals surface area contributed by atoms with E-state index in [-0.39, 0.29) is 5.91 Å². The molecule has 0 spiro atoms. The van der Waals surface area contributed by atoms with Crippen LogP contribution in [0.2, 0.25) is 0 Å². The predicted molar refractivity (Wildman–Crippen MR) is 135 cm³/mol. The molecular formula is C26H26N6OS. The number of benzene rings is 2. The number of carbonyl (C=O) groups excluding carboxylic acids is 1. The molecule has 7 nitrogen and oxygen atoms in total. The number of amides is 1. The van der Waals surface area contributed by atoms with Gasteiger partial charge in [0.05, 0.1) is 0 Å². The van der Waals surface area contributed by atoms with Crippen LogP contribution in [-0.4, -0.2) is 36.6 Å². The molecule has 0 saturated carbocycles. The van der Waals surface area contributed by atoms with E-state index in [1.807, 2.05) is 50.2 Å². The van der Waals surface area contributed by atoms with Crippen LogP contribution >= 0.6 is 11.8 Å². The molecule has 0 radical (unpaired) electrons. The van der Waals surface area contributed by atoms with Gasteiger partial charge in [0.1, 0.15) is 0 Å². The maximum Gasteiger partial charge on any atom is 0.253 e. The molecule has 172 valence electrons. The lowest BCUT2D eigenvalue weighted by molar-refractivity contribution is 0.0952. The van der Waals surface area contributed by atoms with Crippen LogP contribution in [0.15, 0.2) is 72.0 Å². The van der Waals surface area contributed by atoms with Crippen molar-refractivity contribution in [3.8, 4) is 0 Å². The average molecular weight is 471 g/mol. The molecule has 0 bridgehead atoms. The molecule has 5 rings (SSSR count). The summed E-state index contributed by atoms with van der Waals surface area (Å²) in [7, 11) is 0. The van der Waals surface area contributed by atoms with E-state index in [1.165, 1.54) is 22.7 Å². The van der Waals surface area contributed by atoms with E-state index in [2.05, 4.69) is 55.4 Å². The Bertz CT molecular complexity index is 1470. The molecule has 5 aromatic rings. The third-order valence-electron chi connectivity index (χ3n) is 5.76. The number of hydrogen-bond donors (Lipinski definition) is 1. The van der Waals surface area contributed by atoms with Crippen molar-refractivity contribution in [1.29, 1.82) is 0 Å². The van der Waals surface area contributed by atoms with Gasteiger partial charge in [-0.05, 0) is 55.5 Å². The van der Waals surface area contributed by atoms with Crippen LogP contribution in [-0.2, 0) is 12.3 Å². The molecular weight excluding hydrogens is 444 g/mol. The third kappa shape index (κ3) is 4.68. The highest BCUT2D eigenvalue weighted by Gasteiger charge is 2.13. The fourth-order valence-corrected chi connectivity index (χ4v) is 4.92. The first-order valence-electron chi connectivity index (χ1n) is 11.3. The lowest BCUT2D eigenvalue weighted by Gasteiger charge is -2.10. The summed E-state index contributed by atoms with van der Waals surface area (Å²) in [6.45, 7) is 5.41. The minimum atomic E-state index is -0.0512. The van der Waals surface area contributed by atoms with Crippen LogP contribution in [0, 0.1) is 13.8 Å². The van der Waals surface area contributed by atoms with Crippen molar-refractivity contribution >= 4 is 34.3 Å². The first-order chi connectivity index (χ1) is 16.6. The first-order valence-corrected chi connectivity index (χ1v) is 12.3. The van der Waals surface area contributed by atoms with Gasteiger partial charge in [-0.25, -0.2) is 9.50 Å². The summed E-state index contributed by atoms with van der Waals surface area (Å²) < 4.78 is 3.98. The number of nitrogens with one attached hydrogen (secondary N) is 1. The predicted octanol–water partition coefficient (Wildman–Crippen LogP) is 4.81. The molecule has 0 fully saturated rings. The van der Waals surface area contributed by atoms with Crippen LogP contribution in [0.1, 0.15) is 33.7 Å².